The molecule has 7 amide bonds. The normalized spacial score (nSPS) is 13.4. The number of aliphatic hydroxyl groups is 2. The average molecular weight is 912 g/mol. The van der Waals surface area contributed by atoms with Crippen molar-refractivity contribution in [2.24, 2.45) is 11.5 Å². The summed E-state index contributed by atoms with van der Waals surface area (Å²) in [5.41, 5.74) is 11.2. The van der Waals surface area contributed by atoms with Crippen molar-refractivity contribution >= 4 is 41.4 Å². The van der Waals surface area contributed by atoms with Crippen LogP contribution in [-0.4, -0.2) is 121 Å². The van der Waals surface area contributed by atoms with Crippen LogP contribution in [0.25, 0.3) is 0 Å². The highest BCUT2D eigenvalue weighted by molar-refractivity contribution is 5.96. The Bertz CT molecular complexity index is 1290. The molecule has 0 heterocycles. The second kappa shape index (κ2) is 40.6. The van der Waals surface area contributed by atoms with E-state index in [1.807, 2.05) is 13.8 Å². The van der Waals surface area contributed by atoms with Crippen molar-refractivity contribution in [3.05, 3.63) is 0 Å². The molecular formula is C46H89N9O9. The van der Waals surface area contributed by atoms with Crippen molar-refractivity contribution in [2.75, 3.05) is 39.4 Å². The first kappa shape index (κ1) is 60.1. The average Bonchev–Trinajstić information content (AvgIpc) is 3.28. The van der Waals surface area contributed by atoms with E-state index in [0.717, 1.165) is 51.4 Å². The minimum atomic E-state index is -1.58. The Labute approximate surface area is 383 Å². The molecule has 18 heteroatoms. The largest absolute Gasteiger partial charge is 0.394 e. The van der Waals surface area contributed by atoms with Gasteiger partial charge in [0.2, 0.25) is 41.4 Å². The Morgan fingerprint density at radius 3 is 1.22 bits per heavy atom. The number of nitrogens with one attached hydrogen (secondary N) is 7. The summed E-state index contributed by atoms with van der Waals surface area (Å²) < 4.78 is 0. The van der Waals surface area contributed by atoms with E-state index in [0.29, 0.717) is 51.6 Å². The van der Waals surface area contributed by atoms with E-state index in [2.05, 4.69) is 44.1 Å². The zero-order valence-electron chi connectivity index (χ0n) is 39.7. The quantitative estimate of drug-likeness (QED) is 0.0395. The molecule has 0 aliphatic rings. The van der Waals surface area contributed by atoms with Gasteiger partial charge in [0.05, 0.1) is 19.8 Å². The molecule has 13 N–H and O–H groups in total. The van der Waals surface area contributed by atoms with E-state index < -0.39 is 73.0 Å². The lowest BCUT2D eigenvalue weighted by Gasteiger charge is -2.26. The highest BCUT2D eigenvalue weighted by atomic mass is 16.3. The summed E-state index contributed by atoms with van der Waals surface area (Å²) in [7, 11) is 0. The van der Waals surface area contributed by atoms with Crippen molar-refractivity contribution in [1.82, 2.24) is 37.2 Å². The van der Waals surface area contributed by atoms with Crippen molar-refractivity contribution in [3.63, 3.8) is 0 Å². The molecular weight excluding hydrogens is 823 g/mol. The van der Waals surface area contributed by atoms with Crippen LogP contribution in [0.4, 0.5) is 0 Å². The van der Waals surface area contributed by atoms with Crippen LogP contribution in [0.2, 0.25) is 0 Å². The summed E-state index contributed by atoms with van der Waals surface area (Å²) in [4.78, 5) is 91.6. The first-order chi connectivity index (χ1) is 30.9. The van der Waals surface area contributed by atoms with Crippen LogP contribution < -0.4 is 48.7 Å². The number of aliphatic hydroxyl groups excluding tert-OH is 2. The minimum Gasteiger partial charge on any atom is -0.394 e. The standard InChI is InChI=1S/C46H89N9O9/c1-4-7-10-11-12-13-14-15-16-17-18-19-21-28-40(58)50-32-41(59)51-36(26-9-6-3)43(61)54-39(34-57)46(64)55-38(33-56)45(63)53-37(27-24-30-48)44(62)52-35(25-8-5-2)42(60)49-31-23-20-22-29-47/h35-39,56-57H,4-34,47-48H2,1-3H3,(H,49,60)(H,50,58)(H,51,59)(H,52,62)(H,53,63)(H,54,61)(H,55,64). The number of carbonyl (C=O) groups is 7. The summed E-state index contributed by atoms with van der Waals surface area (Å²) in [5.74, 6) is -4.54. The molecule has 5 atom stereocenters. The summed E-state index contributed by atoms with van der Waals surface area (Å²) in [6, 6.07) is -6.27. The van der Waals surface area contributed by atoms with Gasteiger partial charge in [-0.2, -0.15) is 0 Å². The number of hydrogen-bond donors (Lipinski definition) is 11. The van der Waals surface area contributed by atoms with E-state index in [4.69, 9.17) is 11.5 Å². The summed E-state index contributed by atoms with van der Waals surface area (Å²) >= 11 is 0. The molecule has 372 valence electrons. The summed E-state index contributed by atoms with van der Waals surface area (Å²) in [6.45, 7) is 5.16. The number of amides is 7. The highest BCUT2D eigenvalue weighted by Crippen LogP contribution is 2.13. The molecule has 0 rings (SSSR count). The Morgan fingerprint density at radius 2 is 0.766 bits per heavy atom. The second-order valence-electron chi connectivity index (χ2n) is 16.9. The Morgan fingerprint density at radius 1 is 0.391 bits per heavy atom. The van der Waals surface area contributed by atoms with Crippen LogP contribution in [-0.2, 0) is 33.6 Å². The van der Waals surface area contributed by atoms with E-state index in [1.54, 1.807) is 0 Å². The smallest absolute Gasteiger partial charge is 0.245 e. The molecule has 0 aliphatic heterocycles. The molecule has 0 saturated heterocycles. The maximum Gasteiger partial charge on any atom is 0.245 e. The van der Waals surface area contributed by atoms with Gasteiger partial charge < -0.3 is 58.9 Å². The molecule has 0 bridgehead atoms. The topological polar surface area (TPSA) is 296 Å². The number of carbonyl (C=O) groups excluding carboxylic acids is 7. The molecule has 0 spiro atoms. The van der Waals surface area contributed by atoms with Crippen LogP contribution in [0.15, 0.2) is 0 Å². The molecule has 0 aliphatic carbocycles. The SMILES string of the molecule is CCCCCCCCCCCCCCCC(=O)NCC(=O)NC(CCCC)C(=O)NC(CO)C(=O)NC(CO)C(=O)NC(CCCN)C(=O)NC(CCCC)C(=O)NCCCCCN. The maximum absolute atomic E-state index is 13.5. The van der Waals surface area contributed by atoms with Gasteiger partial charge in [-0.05, 0) is 58.0 Å². The van der Waals surface area contributed by atoms with Crippen molar-refractivity contribution in [1.29, 1.82) is 0 Å². The third kappa shape index (κ3) is 30.3. The molecule has 64 heavy (non-hydrogen) atoms. The summed E-state index contributed by atoms with van der Waals surface area (Å²) in [5, 5.41) is 38.2. The number of rotatable bonds is 42. The van der Waals surface area contributed by atoms with E-state index >= 15 is 0 Å². The van der Waals surface area contributed by atoms with Gasteiger partial charge in [0.1, 0.15) is 30.2 Å². The first-order valence-electron chi connectivity index (χ1n) is 24.6. The van der Waals surface area contributed by atoms with Crippen LogP contribution in [0, 0.1) is 0 Å². The fourth-order valence-corrected chi connectivity index (χ4v) is 7.02. The van der Waals surface area contributed by atoms with Gasteiger partial charge in [-0.3, -0.25) is 33.6 Å². The van der Waals surface area contributed by atoms with Gasteiger partial charge in [-0.15, -0.1) is 0 Å². The van der Waals surface area contributed by atoms with Gasteiger partial charge in [0, 0.05) is 13.0 Å². The van der Waals surface area contributed by atoms with Gasteiger partial charge >= 0.3 is 0 Å². The van der Waals surface area contributed by atoms with E-state index in [1.165, 1.54) is 57.8 Å². The van der Waals surface area contributed by atoms with Gasteiger partial charge in [0.15, 0.2) is 0 Å². The van der Waals surface area contributed by atoms with Crippen molar-refractivity contribution in [2.45, 2.75) is 212 Å². The summed E-state index contributed by atoms with van der Waals surface area (Å²) in [6.07, 6.45) is 21.9. The molecule has 0 aromatic carbocycles. The predicted octanol–water partition coefficient (Wildman–Crippen LogP) is 2.36. The molecule has 0 aromatic heterocycles. The Kier molecular flexibility index (Phi) is 38.2. The third-order valence-electron chi connectivity index (χ3n) is 11.1. The zero-order chi connectivity index (χ0) is 47.8. The molecule has 0 radical (unpaired) electrons. The Hall–Kier alpha value is -3.87. The minimum absolute atomic E-state index is 0.102. The molecule has 18 nitrogen and oxygen atoms in total. The molecule has 0 saturated carbocycles. The molecule has 5 unspecified atom stereocenters. The predicted molar refractivity (Wildman–Crippen MR) is 250 cm³/mol. The molecule has 0 aromatic rings. The molecule has 0 fully saturated rings. The number of hydrogen-bond acceptors (Lipinski definition) is 11. The van der Waals surface area contributed by atoms with Crippen molar-refractivity contribution in [3.8, 4) is 0 Å². The fourth-order valence-electron chi connectivity index (χ4n) is 7.02. The van der Waals surface area contributed by atoms with Crippen LogP contribution in [0.3, 0.4) is 0 Å². The highest BCUT2D eigenvalue weighted by Gasteiger charge is 2.32. The van der Waals surface area contributed by atoms with Crippen LogP contribution >= 0.6 is 0 Å². The van der Waals surface area contributed by atoms with E-state index in [9.17, 15) is 43.8 Å². The van der Waals surface area contributed by atoms with Crippen LogP contribution in [0.1, 0.15) is 181 Å². The van der Waals surface area contributed by atoms with Gasteiger partial charge in [0.25, 0.3) is 0 Å². The van der Waals surface area contributed by atoms with Gasteiger partial charge in [-0.25, -0.2) is 0 Å². The van der Waals surface area contributed by atoms with Crippen LogP contribution in [0.5, 0.6) is 0 Å². The fraction of sp³-hybridized carbons (Fsp3) is 0.848. The number of nitrogens with two attached hydrogens (primary N) is 2. The zero-order valence-corrected chi connectivity index (χ0v) is 39.7. The lowest BCUT2D eigenvalue weighted by atomic mass is 10.0. The lowest BCUT2D eigenvalue weighted by Crippen LogP contribution is -2.60. The second-order valence-corrected chi connectivity index (χ2v) is 16.9. The van der Waals surface area contributed by atoms with Crippen molar-refractivity contribution < 1.29 is 43.8 Å². The third-order valence-corrected chi connectivity index (χ3v) is 11.1. The number of unbranched alkanes of at least 4 members (excludes halogenated alkanes) is 16. The lowest BCUT2D eigenvalue weighted by molar-refractivity contribution is -0.136. The first-order valence-corrected chi connectivity index (χ1v) is 24.6. The maximum atomic E-state index is 13.5. The Balaban J connectivity index is 5.18. The van der Waals surface area contributed by atoms with Gasteiger partial charge in [-0.1, -0.05) is 130 Å². The monoisotopic (exact) mass is 912 g/mol. The van der Waals surface area contributed by atoms with E-state index in [-0.39, 0.29) is 37.7 Å².